The van der Waals surface area contributed by atoms with Gasteiger partial charge in [0.1, 0.15) is 5.76 Å². The van der Waals surface area contributed by atoms with Crippen molar-refractivity contribution in [3.63, 3.8) is 0 Å². The minimum Gasteiger partial charge on any atom is -0.481 e. The van der Waals surface area contributed by atoms with Crippen LogP contribution in [0.3, 0.4) is 0 Å². The van der Waals surface area contributed by atoms with E-state index in [2.05, 4.69) is 29.3 Å². The Morgan fingerprint density at radius 2 is 2.08 bits per heavy atom. The molecule has 1 aliphatic carbocycles. The maximum absolute atomic E-state index is 12.5. The molecule has 2 N–H and O–H groups in total. The zero-order valence-corrected chi connectivity index (χ0v) is 14.7. The molecule has 1 saturated carbocycles. The van der Waals surface area contributed by atoms with Crippen molar-refractivity contribution in [2.45, 2.75) is 38.8 Å². The van der Waals surface area contributed by atoms with Crippen LogP contribution in [-0.4, -0.2) is 29.6 Å². The number of carbonyl (C=O) groups is 2. The number of anilines is 1. The van der Waals surface area contributed by atoms with Gasteiger partial charge in [-0.3, -0.25) is 9.59 Å². The Morgan fingerprint density at radius 3 is 2.81 bits per heavy atom. The predicted molar refractivity (Wildman–Crippen MR) is 96.1 cm³/mol. The molecular weight excluding hydrogens is 332 g/mol. The van der Waals surface area contributed by atoms with Crippen molar-refractivity contribution in [1.82, 2.24) is 5.32 Å². The zero-order valence-electron chi connectivity index (χ0n) is 14.7. The predicted octanol–water partition coefficient (Wildman–Crippen LogP) is 2.83. The number of carboxylic acid groups (broad SMARTS) is 1. The van der Waals surface area contributed by atoms with Crippen LogP contribution in [0.5, 0.6) is 0 Å². The number of hydrogen-bond acceptors (Lipinski definition) is 4. The number of amides is 1. The number of fused-ring (bicyclic) bond motifs is 1. The summed E-state index contributed by atoms with van der Waals surface area (Å²) in [6.07, 6.45) is 3.71. The van der Waals surface area contributed by atoms with Crippen LogP contribution in [0.1, 0.15) is 41.4 Å². The lowest BCUT2D eigenvalue weighted by Crippen LogP contribution is -2.35. The summed E-state index contributed by atoms with van der Waals surface area (Å²) >= 11 is 0. The molecule has 1 aliphatic heterocycles. The van der Waals surface area contributed by atoms with Crippen LogP contribution in [0.4, 0.5) is 5.69 Å². The molecule has 0 saturated heterocycles. The van der Waals surface area contributed by atoms with Gasteiger partial charge >= 0.3 is 5.97 Å². The minimum atomic E-state index is -0.840. The number of nitrogens with zero attached hydrogens (tertiary/aromatic N) is 1. The van der Waals surface area contributed by atoms with Gasteiger partial charge in [0.15, 0.2) is 0 Å². The fourth-order valence-electron chi connectivity index (χ4n) is 3.65. The molecule has 1 amide bonds. The third kappa shape index (κ3) is 2.85. The maximum Gasteiger partial charge on any atom is 0.311 e. The summed E-state index contributed by atoms with van der Waals surface area (Å²) in [6.45, 7) is 2.83. The summed E-state index contributed by atoms with van der Waals surface area (Å²) in [6, 6.07) is 10.2. The molecule has 0 radical (unpaired) electrons. The van der Waals surface area contributed by atoms with Crippen LogP contribution in [0.2, 0.25) is 0 Å². The van der Waals surface area contributed by atoms with E-state index in [0.717, 1.165) is 6.42 Å². The lowest BCUT2D eigenvalue weighted by Gasteiger charge is -2.24. The highest BCUT2D eigenvalue weighted by atomic mass is 16.4. The van der Waals surface area contributed by atoms with Crippen LogP contribution >= 0.6 is 0 Å². The van der Waals surface area contributed by atoms with Crippen LogP contribution < -0.4 is 10.2 Å². The number of furan rings is 1. The van der Waals surface area contributed by atoms with Gasteiger partial charge in [-0.05, 0) is 43.9 Å². The van der Waals surface area contributed by atoms with Gasteiger partial charge in [0, 0.05) is 18.3 Å². The van der Waals surface area contributed by atoms with E-state index in [1.807, 2.05) is 12.1 Å². The van der Waals surface area contributed by atoms with E-state index < -0.39 is 11.4 Å². The Kier molecular flexibility index (Phi) is 3.98. The fourth-order valence-corrected chi connectivity index (χ4v) is 3.65. The first kappa shape index (κ1) is 16.7. The van der Waals surface area contributed by atoms with Gasteiger partial charge in [-0.15, -0.1) is 0 Å². The quantitative estimate of drug-likeness (QED) is 0.833. The average molecular weight is 354 g/mol. The smallest absolute Gasteiger partial charge is 0.311 e. The molecule has 2 heterocycles. The summed E-state index contributed by atoms with van der Waals surface area (Å²) in [5, 5.41) is 12.0. The third-order valence-electron chi connectivity index (χ3n) is 5.55. The van der Waals surface area contributed by atoms with E-state index in [1.54, 1.807) is 6.07 Å². The monoisotopic (exact) mass is 354 g/mol. The molecule has 1 atom stereocenters. The highest BCUT2D eigenvalue weighted by Gasteiger charge is 2.50. The first-order valence-electron chi connectivity index (χ1n) is 8.93. The van der Waals surface area contributed by atoms with E-state index >= 15 is 0 Å². The van der Waals surface area contributed by atoms with Gasteiger partial charge in [-0.2, -0.15) is 0 Å². The third-order valence-corrected chi connectivity index (χ3v) is 5.55. The van der Waals surface area contributed by atoms with E-state index in [9.17, 15) is 14.7 Å². The number of hydrogen-bond donors (Lipinski definition) is 2. The lowest BCUT2D eigenvalue weighted by molar-refractivity contribution is -0.143. The normalized spacial score (nSPS) is 19.9. The molecule has 6 nitrogen and oxygen atoms in total. The molecule has 6 heteroatoms. The first-order chi connectivity index (χ1) is 12.5. The Balaban J connectivity index is 1.47. The number of carbonyl (C=O) groups excluding carboxylic acids is 1. The van der Waals surface area contributed by atoms with Crippen LogP contribution in [0, 0.1) is 5.41 Å². The van der Waals surface area contributed by atoms with Crippen molar-refractivity contribution in [2.75, 3.05) is 11.4 Å². The molecule has 1 aromatic heterocycles. The molecule has 1 fully saturated rings. The van der Waals surface area contributed by atoms with Gasteiger partial charge in [-0.25, -0.2) is 0 Å². The molecule has 0 bridgehead atoms. The second-order valence-electron chi connectivity index (χ2n) is 7.34. The highest BCUT2D eigenvalue weighted by Crippen LogP contribution is 2.45. The maximum atomic E-state index is 12.5. The van der Waals surface area contributed by atoms with E-state index in [-0.39, 0.29) is 12.5 Å². The van der Waals surface area contributed by atoms with Gasteiger partial charge in [0.05, 0.1) is 23.8 Å². The molecule has 26 heavy (non-hydrogen) atoms. The Hall–Kier alpha value is -2.76. The fraction of sp³-hybridized carbons (Fsp3) is 0.400. The number of rotatable bonds is 6. The molecule has 136 valence electrons. The van der Waals surface area contributed by atoms with Crippen LogP contribution in [0.25, 0.3) is 0 Å². The molecule has 2 aliphatic rings. The molecule has 0 spiro atoms. The second-order valence-corrected chi connectivity index (χ2v) is 7.34. The number of aliphatic carboxylic acids is 1. The van der Waals surface area contributed by atoms with Gasteiger partial charge in [0.2, 0.25) is 0 Å². The standard InChI is InChI=1S/C20H22N2O4/c1-13-10-14-4-2-3-5-16(14)22(13)11-17-15(6-9-26-17)18(23)21-12-20(7-8-20)19(24)25/h2-6,9,13H,7-8,10-12H2,1H3,(H,21,23)(H,24,25). The number of nitrogens with one attached hydrogen (secondary N) is 1. The first-order valence-corrected chi connectivity index (χ1v) is 8.93. The number of para-hydroxylation sites is 1. The van der Waals surface area contributed by atoms with E-state index in [4.69, 9.17) is 4.42 Å². The summed E-state index contributed by atoms with van der Waals surface area (Å²) in [5.74, 6) is -0.514. The summed E-state index contributed by atoms with van der Waals surface area (Å²) in [5.41, 5.74) is 2.17. The summed E-state index contributed by atoms with van der Waals surface area (Å²) < 4.78 is 5.59. The Morgan fingerprint density at radius 1 is 1.31 bits per heavy atom. The molecule has 4 rings (SSSR count). The Bertz CT molecular complexity index is 853. The van der Waals surface area contributed by atoms with Crippen molar-refractivity contribution < 1.29 is 19.1 Å². The molecular formula is C20H22N2O4. The van der Waals surface area contributed by atoms with Gasteiger partial charge in [0.25, 0.3) is 5.91 Å². The topological polar surface area (TPSA) is 82.8 Å². The largest absolute Gasteiger partial charge is 0.481 e. The van der Waals surface area contributed by atoms with Crippen molar-refractivity contribution >= 4 is 17.6 Å². The number of benzene rings is 1. The molecule has 2 aromatic rings. The summed E-state index contributed by atoms with van der Waals surface area (Å²) in [4.78, 5) is 26.0. The summed E-state index contributed by atoms with van der Waals surface area (Å²) in [7, 11) is 0. The van der Waals surface area contributed by atoms with Crippen molar-refractivity contribution in [3.05, 3.63) is 53.5 Å². The van der Waals surface area contributed by atoms with Gasteiger partial charge in [-0.1, -0.05) is 18.2 Å². The van der Waals surface area contributed by atoms with Gasteiger partial charge < -0.3 is 19.7 Å². The SMILES string of the molecule is CC1Cc2ccccc2N1Cc1occc1C(=O)NCC1(C(=O)O)CC1. The molecule has 1 aromatic carbocycles. The average Bonchev–Trinajstić information content (AvgIpc) is 3.18. The van der Waals surface area contributed by atoms with E-state index in [1.165, 1.54) is 17.5 Å². The lowest BCUT2D eigenvalue weighted by atomic mass is 10.1. The van der Waals surface area contributed by atoms with E-state index in [0.29, 0.717) is 36.8 Å². The Labute approximate surface area is 151 Å². The minimum absolute atomic E-state index is 0.161. The van der Waals surface area contributed by atoms with Crippen molar-refractivity contribution in [2.24, 2.45) is 5.41 Å². The number of carboxylic acids is 1. The van der Waals surface area contributed by atoms with Crippen molar-refractivity contribution in [1.29, 1.82) is 0 Å². The zero-order chi connectivity index (χ0) is 18.3. The van der Waals surface area contributed by atoms with Crippen LogP contribution in [-0.2, 0) is 17.8 Å². The molecule has 1 unspecified atom stereocenters. The van der Waals surface area contributed by atoms with Crippen LogP contribution in [0.15, 0.2) is 41.0 Å². The van der Waals surface area contributed by atoms with Crippen molar-refractivity contribution in [3.8, 4) is 0 Å². The second kappa shape index (κ2) is 6.20. The highest BCUT2D eigenvalue weighted by molar-refractivity contribution is 5.95.